The van der Waals surface area contributed by atoms with Crippen LogP contribution in [0.2, 0.25) is 0 Å². The van der Waals surface area contributed by atoms with E-state index in [-0.39, 0.29) is 23.5 Å². The smallest absolute Gasteiger partial charge is 0.255 e. The lowest BCUT2D eigenvalue weighted by Crippen LogP contribution is -2.29. The fourth-order valence-electron chi connectivity index (χ4n) is 3.78. The number of amides is 1. The SMILES string of the molecule is Cc1ccc([C@H](CCO)NC(=O)c2c[nH]c3ncc(-c4ccc(S(=O)(=O)C(C)C)cc4)nc23)cc1. The number of aliphatic hydroxyl groups excluding tert-OH is 1. The van der Waals surface area contributed by atoms with Crippen LogP contribution in [0.25, 0.3) is 22.4 Å². The largest absolute Gasteiger partial charge is 0.396 e. The Kier molecular flexibility index (Phi) is 7.00. The highest BCUT2D eigenvalue weighted by Gasteiger charge is 2.21. The second-order valence-electron chi connectivity index (χ2n) is 8.72. The second-order valence-corrected chi connectivity index (χ2v) is 11.2. The highest BCUT2D eigenvalue weighted by atomic mass is 32.2. The van der Waals surface area contributed by atoms with Crippen LogP contribution in [-0.4, -0.2) is 46.2 Å². The summed E-state index contributed by atoms with van der Waals surface area (Å²) in [6, 6.07) is 13.9. The molecule has 3 N–H and O–H groups in total. The number of carbonyl (C=O) groups is 1. The van der Waals surface area contributed by atoms with Gasteiger partial charge >= 0.3 is 0 Å². The summed E-state index contributed by atoms with van der Waals surface area (Å²) in [5.74, 6) is -0.333. The first-order chi connectivity index (χ1) is 16.7. The van der Waals surface area contributed by atoms with Crippen molar-refractivity contribution in [3.05, 3.63) is 77.6 Å². The van der Waals surface area contributed by atoms with Gasteiger partial charge in [0.25, 0.3) is 5.91 Å². The Morgan fingerprint density at radius 2 is 1.77 bits per heavy atom. The van der Waals surface area contributed by atoms with Gasteiger partial charge in [0.05, 0.1) is 33.6 Å². The summed E-state index contributed by atoms with van der Waals surface area (Å²) in [5, 5.41) is 12.0. The van der Waals surface area contributed by atoms with Crippen LogP contribution in [0.5, 0.6) is 0 Å². The molecule has 0 bridgehead atoms. The average Bonchev–Trinajstić information content (AvgIpc) is 3.28. The van der Waals surface area contributed by atoms with Gasteiger partial charge in [0.2, 0.25) is 0 Å². The zero-order valence-electron chi connectivity index (χ0n) is 19.8. The number of aryl methyl sites for hydroxylation is 1. The van der Waals surface area contributed by atoms with Gasteiger partial charge in [-0.15, -0.1) is 0 Å². The van der Waals surface area contributed by atoms with E-state index in [0.29, 0.717) is 34.4 Å². The van der Waals surface area contributed by atoms with Gasteiger partial charge in [-0.1, -0.05) is 42.0 Å². The normalized spacial score (nSPS) is 12.7. The summed E-state index contributed by atoms with van der Waals surface area (Å²) in [5.41, 5.74) is 4.43. The van der Waals surface area contributed by atoms with E-state index in [9.17, 15) is 18.3 Å². The number of fused-ring (bicyclic) bond motifs is 1. The molecule has 0 saturated carbocycles. The highest BCUT2D eigenvalue weighted by Crippen LogP contribution is 2.25. The Morgan fingerprint density at radius 1 is 1.09 bits per heavy atom. The third-order valence-corrected chi connectivity index (χ3v) is 8.10. The number of hydrogen-bond donors (Lipinski definition) is 3. The topological polar surface area (TPSA) is 125 Å². The lowest BCUT2D eigenvalue weighted by Gasteiger charge is -2.18. The van der Waals surface area contributed by atoms with E-state index in [1.54, 1.807) is 50.5 Å². The zero-order chi connectivity index (χ0) is 25.2. The molecule has 1 amide bonds. The number of sulfone groups is 1. The van der Waals surface area contributed by atoms with Crippen LogP contribution in [0, 0.1) is 6.92 Å². The van der Waals surface area contributed by atoms with Crippen LogP contribution >= 0.6 is 0 Å². The maximum atomic E-state index is 13.2. The molecule has 9 heteroatoms. The number of aromatic amines is 1. The van der Waals surface area contributed by atoms with E-state index in [2.05, 4.69) is 20.3 Å². The highest BCUT2D eigenvalue weighted by molar-refractivity contribution is 7.92. The summed E-state index contributed by atoms with van der Waals surface area (Å²) in [7, 11) is -3.37. The van der Waals surface area contributed by atoms with Gasteiger partial charge in [-0.2, -0.15) is 0 Å². The number of rotatable bonds is 8. The standard InChI is InChI=1S/C26H28N4O4S/c1-16(2)35(33,34)20-10-8-19(9-11-20)23-15-28-25-24(29-23)21(14-27-25)26(32)30-22(12-13-31)18-6-4-17(3)5-7-18/h4-11,14-16,22,31H,12-13H2,1-3H3,(H,27,28)(H,30,32)/t22-/m0/s1. The third-order valence-electron chi connectivity index (χ3n) is 5.93. The molecule has 0 unspecified atom stereocenters. The fourth-order valence-corrected chi connectivity index (χ4v) is 4.84. The minimum atomic E-state index is -3.37. The minimum absolute atomic E-state index is 0.0703. The predicted molar refractivity (Wildman–Crippen MR) is 135 cm³/mol. The zero-order valence-corrected chi connectivity index (χ0v) is 20.6. The van der Waals surface area contributed by atoms with Crippen molar-refractivity contribution in [2.24, 2.45) is 0 Å². The summed E-state index contributed by atoms with van der Waals surface area (Å²) < 4.78 is 24.8. The van der Waals surface area contributed by atoms with Crippen LogP contribution in [0.15, 0.2) is 65.8 Å². The van der Waals surface area contributed by atoms with Gasteiger partial charge in [-0.05, 0) is 44.9 Å². The second kappa shape index (κ2) is 9.97. The molecule has 0 aliphatic rings. The van der Waals surface area contributed by atoms with Gasteiger partial charge in [-0.25, -0.2) is 18.4 Å². The molecule has 0 fully saturated rings. The van der Waals surface area contributed by atoms with Gasteiger partial charge < -0.3 is 15.4 Å². The molecule has 8 nitrogen and oxygen atoms in total. The van der Waals surface area contributed by atoms with Crippen molar-refractivity contribution in [3.8, 4) is 11.3 Å². The van der Waals surface area contributed by atoms with Crippen molar-refractivity contribution >= 4 is 26.9 Å². The van der Waals surface area contributed by atoms with Crippen molar-refractivity contribution in [1.29, 1.82) is 0 Å². The van der Waals surface area contributed by atoms with Crippen molar-refractivity contribution in [2.75, 3.05) is 6.61 Å². The van der Waals surface area contributed by atoms with E-state index in [4.69, 9.17) is 0 Å². The number of H-pyrrole nitrogens is 1. The number of aliphatic hydroxyl groups is 1. The fraction of sp³-hybridized carbons (Fsp3) is 0.269. The van der Waals surface area contributed by atoms with Crippen molar-refractivity contribution in [1.82, 2.24) is 20.3 Å². The quantitative estimate of drug-likeness (QED) is 0.342. The van der Waals surface area contributed by atoms with Crippen molar-refractivity contribution in [2.45, 2.75) is 43.4 Å². The van der Waals surface area contributed by atoms with E-state index >= 15 is 0 Å². The van der Waals surface area contributed by atoms with Gasteiger partial charge in [0.1, 0.15) is 5.52 Å². The number of hydrogen-bond acceptors (Lipinski definition) is 6. The van der Waals surface area contributed by atoms with Crippen LogP contribution in [0.1, 0.15) is 47.8 Å². The first-order valence-electron chi connectivity index (χ1n) is 11.4. The summed E-state index contributed by atoms with van der Waals surface area (Å²) in [6.07, 6.45) is 3.51. The number of benzene rings is 2. The summed E-state index contributed by atoms with van der Waals surface area (Å²) in [4.78, 5) is 25.4. The number of aromatic nitrogens is 3. The van der Waals surface area contributed by atoms with Gasteiger partial charge in [0, 0.05) is 18.4 Å². The van der Waals surface area contributed by atoms with Gasteiger partial charge in [0.15, 0.2) is 15.5 Å². The molecular weight excluding hydrogens is 464 g/mol. The van der Waals surface area contributed by atoms with Crippen LogP contribution in [-0.2, 0) is 9.84 Å². The lowest BCUT2D eigenvalue weighted by molar-refractivity contribution is 0.0931. The van der Waals surface area contributed by atoms with E-state index < -0.39 is 15.1 Å². The summed E-state index contributed by atoms with van der Waals surface area (Å²) >= 11 is 0. The van der Waals surface area contributed by atoms with Crippen LogP contribution < -0.4 is 5.32 Å². The average molecular weight is 493 g/mol. The molecule has 1 atom stereocenters. The number of nitrogens with one attached hydrogen (secondary N) is 2. The predicted octanol–water partition coefficient (Wildman–Crippen LogP) is 3.97. The van der Waals surface area contributed by atoms with Crippen LogP contribution in [0.3, 0.4) is 0 Å². The molecule has 0 saturated heterocycles. The van der Waals surface area contributed by atoms with Crippen molar-refractivity contribution in [3.63, 3.8) is 0 Å². The Labute approximate surface area is 204 Å². The molecule has 35 heavy (non-hydrogen) atoms. The molecule has 2 heterocycles. The molecule has 0 aliphatic carbocycles. The molecule has 4 aromatic rings. The Balaban J connectivity index is 1.62. The summed E-state index contributed by atoms with van der Waals surface area (Å²) in [6.45, 7) is 5.21. The molecule has 2 aromatic heterocycles. The maximum absolute atomic E-state index is 13.2. The molecule has 4 rings (SSSR count). The van der Waals surface area contributed by atoms with Crippen LogP contribution in [0.4, 0.5) is 0 Å². The Morgan fingerprint density at radius 3 is 2.40 bits per heavy atom. The van der Waals surface area contributed by atoms with E-state index in [0.717, 1.165) is 11.1 Å². The van der Waals surface area contributed by atoms with Gasteiger partial charge in [-0.3, -0.25) is 4.79 Å². The van der Waals surface area contributed by atoms with E-state index in [1.165, 1.54) is 0 Å². The molecule has 182 valence electrons. The number of nitrogens with zero attached hydrogens (tertiary/aromatic N) is 2. The number of carbonyl (C=O) groups excluding carboxylic acids is 1. The Hall–Kier alpha value is -3.56. The molecular formula is C26H28N4O4S. The molecule has 0 aliphatic heterocycles. The maximum Gasteiger partial charge on any atom is 0.255 e. The minimum Gasteiger partial charge on any atom is -0.396 e. The Bertz CT molecular complexity index is 1440. The van der Waals surface area contributed by atoms with E-state index in [1.807, 2.05) is 31.2 Å². The third kappa shape index (κ3) is 5.11. The first-order valence-corrected chi connectivity index (χ1v) is 12.9. The first kappa shape index (κ1) is 24.6. The molecule has 0 radical (unpaired) electrons. The lowest BCUT2D eigenvalue weighted by atomic mass is 10.0. The molecule has 2 aromatic carbocycles. The van der Waals surface area contributed by atoms with Crippen molar-refractivity contribution < 1.29 is 18.3 Å². The molecule has 0 spiro atoms. The monoisotopic (exact) mass is 492 g/mol.